The molecule has 1 atom stereocenters. The van der Waals surface area contributed by atoms with Crippen molar-refractivity contribution in [1.29, 1.82) is 0 Å². The third kappa shape index (κ3) is 2.56. The van der Waals surface area contributed by atoms with Crippen LogP contribution >= 0.6 is 0 Å². The molecule has 0 aromatic heterocycles. The van der Waals surface area contributed by atoms with E-state index in [1.54, 1.807) is 0 Å². The van der Waals surface area contributed by atoms with Crippen molar-refractivity contribution in [3.05, 3.63) is 29.8 Å². The molecule has 1 heterocycles. The average molecular weight is 246 g/mol. The lowest BCUT2D eigenvalue weighted by molar-refractivity contribution is -0.122. The van der Waals surface area contributed by atoms with E-state index >= 15 is 0 Å². The Hall–Kier alpha value is -1.35. The van der Waals surface area contributed by atoms with Crippen LogP contribution in [0.25, 0.3) is 0 Å². The Morgan fingerprint density at radius 2 is 2.17 bits per heavy atom. The maximum absolute atomic E-state index is 12.5. The van der Waals surface area contributed by atoms with Gasteiger partial charge in [0.15, 0.2) is 0 Å². The first-order valence-corrected chi connectivity index (χ1v) is 6.87. The second-order valence-corrected chi connectivity index (χ2v) is 4.92. The number of nitrogens with two attached hydrogens (primary N) is 1. The summed E-state index contributed by atoms with van der Waals surface area (Å²) in [6.45, 7) is 3.29. The molecule has 1 aliphatic heterocycles. The van der Waals surface area contributed by atoms with Crippen LogP contribution in [0.15, 0.2) is 24.3 Å². The first kappa shape index (κ1) is 13.1. The zero-order chi connectivity index (χ0) is 13.0. The van der Waals surface area contributed by atoms with Gasteiger partial charge >= 0.3 is 0 Å². The average Bonchev–Trinajstić information content (AvgIpc) is 2.62. The lowest BCUT2D eigenvalue weighted by Gasteiger charge is -2.26. The molecular weight excluding hydrogens is 224 g/mol. The molecule has 0 saturated heterocycles. The molecule has 3 nitrogen and oxygen atoms in total. The Morgan fingerprint density at radius 1 is 1.39 bits per heavy atom. The molecule has 1 unspecified atom stereocenters. The Morgan fingerprint density at radius 3 is 2.89 bits per heavy atom. The summed E-state index contributed by atoms with van der Waals surface area (Å²) in [6, 6.07) is 8.24. The smallest absolute Gasteiger partial charge is 0.231 e. The summed E-state index contributed by atoms with van der Waals surface area (Å²) >= 11 is 0. The van der Waals surface area contributed by atoms with Gasteiger partial charge in [0.2, 0.25) is 5.91 Å². The fourth-order valence-electron chi connectivity index (χ4n) is 2.58. The molecule has 3 heteroatoms. The SMILES string of the molecule is CCC(CN)C(=O)N1CCCCc2ccccc21. The Labute approximate surface area is 109 Å². The standard InChI is InChI=1S/C15H22N2O/c1-2-12(11-16)15(18)17-10-6-5-8-13-7-3-4-9-14(13)17/h3-4,7,9,12H,2,5-6,8,10-11,16H2,1H3. The van der Waals surface area contributed by atoms with E-state index < -0.39 is 0 Å². The molecule has 0 fully saturated rings. The summed E-state index contributed by atoms with van der Waals surface area (Å²) in [7, 11) is 0. The van der Waals surface area contributed by atoms with Gasteiger partial charge in [-0.1, -0.05) is 25.1 Å². The molecule has 0 bridgehead atoms. The van der Waals surface area contributed by atoms with E-state index in [0.29, 0.717) is 6.54 Å². The highest BCUT2D eigenvalue weighted by Gasteiger charge is 2.25. The number of amides is 1. The molecule has 1 amide bonds. The van der Waals surface area contributed by atoms with Crippen LogP contribution in [0.2, 0.25) is 0 Å². The van der Waals surface area contributed by atoms with Gasteiger partial charge in [-0.25, -0.2) is 0 Å². The van der Waals surface area contributed by atoms with E-state index in [2.05, 4.69) is 12.1 Å². The number of aryl methyl sites for hydroxylation is 1. The molecule has 2 N–H and O–H groups in total. The van der Waals surface area contributed by atoms with Crippen LogP contribution in [0.3, 0.4) is 0 Å². The highest BCUT2D eigenvalue weighted by atomic mass is 16.2. The molecule has 18 heavy (non-hydrogen) atoms. The van der Waals surface area contributed by atoms with Crippen molar-refractivity contribution >= 4 is 11.6 Å². The number of anilines is 1. The number of hydrogen-bond donors (Lipinski definition) is 1. The summed E-state index contributed by atoms with van der Waals surface area (Å²) < 4.78 is 0. The number of rotatable bonds is 3. The van der Waals surface area contributed by atoms with Gasteiger partial charge < -0.3 is 10.6 Å². The van der Waals surface area contributed by atoms with Crippen molar-refractivity contribution in [3.8, 4) is 0 Å². The summed E-state index contributed by atoms with van der Waals surface area (Å²) in [4.78, 5) is 14.5. The predicted octanol–water partition coefficient (Wildman–Crippen LogP) is 2.34. The minimum atomic E-state index is -0.0452. The fraction of sp³-hybridized carbons (Fsp3) is 0.533. The largest absolute Gasteiger partial charge is 0.330 e. The van der Waals surface area contributed by atoms with E-state index in [1.165, 1.54) is 5.56 Å². The van der Waals surface area contributed by atoms with Gasteiger partial charge in [-0.2, -0.15) is 0 Å². The van der Waals surface area contributed by atoms with E-state index in [9.17, 15) is 4.79 Å². The van der Waals surface area contributed by atoms with E-state index in [-0.39, 0.29) is 11.8 Å². The van der Waals surface area contributed by atoms with Gasteiger partial charge in [-0.05, 0) is 37.3 Å². The predicted molar refractivity (Wildman–Crippen MR) is 74.6 cm³/mol. The molecule has 1 aromatic carbocycles. The van der Waals surface area contributed by atoms with Crippen LogP contribution in [-0.2, 0) is 11.2 Å². The van der Waals surface area contributed by atoms with E-state index in [0.717, 1.165) is 37.9 Å². The van der Waals surface area contributed by atoms with Crippen LogP contribution in [0.4, 0.5) is 5.69 Å². The number of para-hydroxylation sites is 1. The molecule has 2 rings (SSSR count). The van der Waals surface area contributed by atoms with Crippen LogP contribution in [0.5, 0.6) is 0 Å². The molecule has 1 aliphatic rings. The van der Waals surface area contributed by atoms with Gasteiger partial charge in [-0.15, -0.1) is 0 Å². The van der Waals surface area contributed by atoms with Crippen LogP contribution < -0.4 is 10.6 Å². The van der Waals surface area contributed by atoms with Crippen LogP contribution in [0.1, 0.15) is 31.7 Å². The molecular formula is C15H22N2O. The molecule has 1 aromatic rings. The second kappa shape index (κ2) is 6.01. The highest BCUT2D eigenvalue weighted by Crippen LogP contribution is 2.27. The van der Waals surface area contributed by atoms with Gasteiger partial charge in [0.1, 0.15) is 0 Å². The molecule has 0 spiro atoms. The minimum Gasteiger partial charge on any atom is -0.330 e. The van der Waals surface area contributed by atoms with Gasteiger partial charge in [-0.3, -0.25) is 4.79 Å². The van der Waals surface area contributed by atoms with Crippen LogP contribution in [-0.4, -0.2) is 19.0 Å². The quantitative estimate of drug-likeness (QED) is 0.889. The van der Waals surface area contributed by atoms with Gasteiger partial charge in [0.05, 0.1) is 5.92 Å². The number of nitrogens with zero attached hydrogens (tertiary/aromatic N) is 1. The highest BCUT2D eigenvalue weighted by molar-refractivity contribution is 5.96. The Balaban J connectivity index is 2.30. The number of hydrogen-bond acceptors (Lipinski definition) is 2. The van der Waals surface area contributed by atoms with Crippen molar-refractivity contribution in [2.75, 3.05) is 18.0 Å². The maximum atomic E-state index is 12.5. The van der Waals surface area contributed by atoms with E-state index in [4.69, 9.17) is 5.73 Å². The number of fused-ring (bicyclic) bond motifs is 1. The molecule has 0 saturated carbocycles. The first-order valence-electron chi connectivity index (χ1n) is 6.87. The topological polar surface area (TPSA) is 46.3 Å². The zero-order valence-corrected chi connectivity index (χ0v) is 11.1. The fourth-order valence-corrected chi connectivity index (χ4v) is 2.58. The zero-order valence-electron chi connectivity index (χ0n) is 11.1. The van der Waals surface area contributed by atoms with E-state index in [1.807, 2.05) is 24.0 Å². The summed E-state index contributed by atoms with van der Waals surface area (Å²) in [6.07, 6.45) is 4.11. The second-order valence-electron chi connectivity index (χ2n) is 4.92. The van der Waals surface area contributed by atoms with Crippen molar-refractivity contribution in [3.63, 3.8) is 0 Å². The summed E-state index contributed by atoms with van der Waals surface area (Å²) in [5.74, 6) is 0.144. The third-order valence-electron chi connectivity index (χ3n) is 3.75. The number of benzene rings is 1. The van der Waals surface area contributed by atoms with Crippen molar-refractivity contribution in [1.82, 2.24) is 0 Å². The normalized spacial score (nSPS) is 16.9. The number of carbonyl (C=O) groups excluding carboxylic acids is 1. The Bertz CT molecular complexity index is 413. The monoisotopic (exact) mass is 246 g/mol. The van der Waals surface area contributed by atoms with Crippen molar-refractivity contribution < 1.29 is 4.79 Å². The number of carbonyl (C=O) groups is 1. The van der Waals surface area contributed by atoms with Crippen molar-refractivity contribution in [2.45, 2.75) is 32.6 Å². The summed E-state index contributed by atoms with van der Waals surface area (Å²) in [5.41, 5.74) is 8.08. The first-order chi connectivity index (χ1) is 8.77. The van der Waals surface area contributed by atoms with Gasteiger partial charge in [0.25, 0.3) is 0 Å². The molecule has 0 radical (unpaired) electrons. The third-order valence-corrected chi connectivity index (χ3v) is 3.75. The van der Waals surface area contributed by atoms with Crippen LogP contribution in [0, 0.1) is 5.92 Å². The lowest BCUT2D eigenvalue weighted by Crippen LogP contribution is -2.39. The Kier molecular flexibility index (Phi) is 4.37. The molecule has 0 aliphatic carbocycles. The summed E-state index contributed by atoms with van der Waals surface area (Å²) in [5, 5.41) is 0. The van der Waals surface area contributed by atoms with Gasteiger partial charge in [0, 0.05) is 18.8 Å². The molecule has 98 valence electrons. The maximum Gasteiger partial charge on any atom is 0.231 e. The van der Waals surface area contributed by atoms with Crippen molar-refractivity contribution in [2.24, 2.45) is 11.7 Å². The minimum absolute atomic E-state index is 0.0452. The lowest BCUT2D eigenvalue weighted by atomic mass is 10.0.